The number of aliphatic hydroxyl groups is 1. The first-order valence-corrected chi connectivity index (χ1v) is 8.14. The number of piperidine rings is 1. The van der Waals surface area contributed by atoms with Gasteiger partial charge in [-0.1, -0.05) is 17.7 Å². The molecule has 3 heteroatoms. The molecule has 21 heavy (non-hydrogen) atoms. The van der Waals surface area contributed by atoms with E-state index in [9.17, 15) is 5.11 Å². The fourth-order valence-electron chi connectivity index (χ4n) is 3.08. The van der Waals surface area contributed by atoms with E-state index >= 15 is 0 Å². The van der Waals surface area contributed by atoms with E-state index in [2.05, 4.69) is 37.8 Å². The van der Waals surface area contributed by atoms with Gasteiger partial charge >= 0.3 is 0 Å². The lowest BCUT2D eigenvalue weighted by Gasteiger charge is -2.37. The minimum absolute atomic E-state index is 0.220. The Morgan fingerprint density at radius 1 is 1.19 bits per heavy atom. The molecule has 0 saturated carbocycles. The summed E-state index contributed by atoms with van der Waals surface area (Å²) in [7, 11) is 0. The predicted molar refractivity (Wildman–Crippen MR) is 86.7 cm³/mol. The molecule has 1 unspecified atom stereocenters. The monoisotopic (exact) mass is 291 g/mol. The Balaban J connectivity index is 1.82. The van der Waals surface area contributed by atoms with Crippen LogP contribution in [0.2, 0.25) is 0 Å². The summed E-state index contributed by atoms with van der Waals surface area (Å²) >= 11 is 0. The number of ether oxygens (including phenoxy) is 1. The Morgan fingerprint density at radius 3 is 2.33 bits per heavy atom. The van der Waals surface area contributed by atoms with Crippen molar-refractivity contribution in [3.05, 3.63) is 29.8 Å². The summed E-state index contributed by atoms with van der Waals surface area (Å²) in [5.41, 5.74) is 1.24. The molecule has 0 amide bonds. The zero-order valence-corrected chi connectivity index (χ0v) is 13.6. The number of nitrogens with zero attached hydrogens (tertiary/aromatic N) is 1. The number of rotatable bonds is 6. The molecule has 0 aromatic heterocycles. The van der Waals surface area contributed by atoms with Crippen molar-refractivity contribution in [1.29, 1.82) is 0 Å². The van der Waals surface area contributed by atoms with Gasteiger partial charge in [0.1, 0.15) is 5.75 Å². The lowest BCUT2D eigenvalue weighted by Crippen LogP contribution is -2.41. The molecule has 1 fully saturated rings. The van der Waals surface area contributed by atoms with Gasteiger partial charge in [-0.15, -0.1) is 0 Å². The molecule has 1 aromatic carbocycles. The molecular formula is C18H29NO2. The molecule has 0 aliphatic carbocycles. The van der Waals surface area contributed by atoms with Crippen molar-refractivity contribution in [2.75, 3.05) is 26.3 Å². The Morgan fingerprint density at radius 2 is 1.81 bits per heavy atom. The summed E-state index contributed by atoms with van der Waals surface area (Å²) in [5, 5.41) is 9.68. The number of hydrogen-bond donors (Lipinski definition) is 1. The van der Waals surface area contributed by atoms with Gasteiger partial charge in [0.05, 0.1) is 6.61 Å². The first-order valence-electron chi connectivity index (χ1n) is 8.14. The lowest BCUT2D eigenvalue weighted by atomic mass is 9.85. The fourth-order valence-corrected chi connectivity index (χ4v) is 3.08. The van der Waals surface area contributed by atoms with Crippen LogP contribution in [0.15, 0.2) is 24.3 Å². The number of benzene rings is 1. The van der Waals surface area contributed by atoms with E-state index in [1.807, 2.05) is 12.1 Å². The zero-order chi connectivity index (χ0) is 15.2. The van der Waals surface area contributed by atoms with Gasteiger partial charge in [0.25, 0.3) is 0 Å². The van der Waals surface area contributed by atoms with Crippen LogP contribution in [0.25, 0.3) is 0 Å². The average Bonchev–Trinajstić information content (AvgIpc) is 2.50. The molecule has 1 heterocycles. The highest BCUT2D eigenvalue weighted by atomic mass is 16.5. The van der Waals surface area contributed by atoms with Crippen LogP contribution in [0.5, 0.6) is 5.75 Å². The average molecular weight is 291 g/mol. The molecule has 1 saturated heterocycles. The summed E-state index contributed by atoms with van der Waals surface area (Å²) < 4.78 is 5.87. The smallest absolute Gasteiger partial charge is 0.119 e. The summed E-state index contributed by atoms with van der Waals surface area (Å²) in [6.07, 6.45) is 2.33. The van der Waals surface area contributed by atoms with Gasteiger partial charge in [-0.3, -0.25) is 0 Å². The van der Waals surface area contributed by atoms with E-state index in [1.54, 1.807) is 0 Å². The van der Waals surface area contributed by atoms with Gasteiger partial charge in [0, 0.05) is 18.6 Å². The normalized spacial score (nSPS) is 18.9. The van der Waals surface area contributed by atoms with Crippen LogP contribution in [0.1, 0.15) is 32.3 Å². The molecule has 3 nitrogen and oxygen atoms in total. The van der Waals surface area contributed by atoms with Crippen LogP contribution in [-0.2, 0) is 0 Å². The molecule has 2 rings (SSSR count). The second kappa shape index (κ2) is 7.81. The molecule has 1 aromatic rings. The molecule has 1 aliphatic heterocycles. The van der Waals surface area contributed by atoms with Gasteiger partial charge in [0.15, 0.2) is 0 Å². The number of aliphatic hydroxyl groups excluding tert-OH is 1. The SMILES string of the molecule is Cc1ccc(OCC(CO)C2CCN(C(C)C)CC2)cc1. The van der Waals surface area contributed by atoms with Crippen molar-refractivity contribution in [3.8, 4) is 5.75 Å². The minimum atomic E-state index is 0.220. The Bertz CT molecular complexity index is 408. The zero-order valence-electron chi connectivity index (χ0n) is 13.6. The molecule has 118 valence electrons. The Hall–Kier alpha value is -1.06. The largest absolute Gasteiger partial charge is 0.493 e. The third-order valence-corrected chi connectivity index (χ3v) is 4.69. The van der Waals surface area contributed by atoms with E-state index in [4.69, 9.17) is 4.74 Å². The second-order valence-corrected chi connectivity index (χ2v) is 6.53. The van der Waals surface area contributed by atoms with Crippen LogP contribution in [-0.4, -0.2) is 42.4 Å². The molecule has 1 aliphatic rings. The number of hydrogen-bond acceptors (Lipinski definition) is 3. The van der Waals surface area contributed by atoms with Crippen LogP contribution in [0.3, 0.4) is 0 Å². The minimum Gasteiger partial charge on any atom is -0.493 e. The highest BCUT2D eigenvalue weighted by Gasteiger charge is 2.27. The fraction of sp³-hybridized carbons (Fsp3) is 0.667. The van der Waals surface area contributed by atoms with E-state index in [0.29, 0.717) is 18.6 Å². The number of aryl methyl sites for hydroxylation is 1. The van der Waals surface area contributed by atoms with Gasteiger partial charge in [-0.2, -0.15) is 0 Å². The van der Waals surface area contributed by atoms with Gasteiger partial charge < -0.3 is 14.7 Å². The van der Waals surface area contributed by atoms with Crippen molar-refractivity contribution in [1.82, 2.24) is 4.90 Å². The lowest BCUT2D eigenvalue weighted by molar-refractivity contribution is 0.0648. The van der Waals surface area contributed by atoms with Gasteiger partial charge in [0.2, 0.25) is 0 Å². The maximum absolute atomic E-state index is 9.68. The van der Waals surface area contributed by atoms with Crippen molar-refractivity contribution in [2.24, 2.45) is 11.8 Å². The maximum Gasteiger partial charge on any atom is 0.119 e. The van der Waals surface area contributed by atoms with Crippen LogP contribution < -0.4 is 4.74 Å². The quantitative estimate of drug-likeness (QED) is 0.874. The van der Waals surface area contributed by atoms with Crippen LogP contribution in [0.4, 0.5) is 0 Å². The highest BCUT2D eigenvalue weighted by Crippen LogP contribution is 2.26. The van der Waals surface area contributed by atoms with Crippen molar-refractivity contribution >= 4 is 0 Å². The maximum atomic E-state index is 9.68. The summed E-state index contributed by atoms with van der Waals surface area (Å²) in [4.78, 5) is 2.52. The Kier molecular flexibility index (Phi) is 6.07. The van der Waals surface area contributed by atoms with E-state index in [-0.39, 0.29) is 12.5 Å². The molecule has 0 bridgehead atoms. The number of likely N-dealkylation sites (tertiary alicyclic amines) is 1. The third-order valence-electron chi connectivity index (χ3n) is 4.69. The van der Waals surface area contributed by atoms with Gasteiger partial charge in [-0.05, 0) is 64.8 Å². The standard InChI is InChI=1S/C18H29NO2/c1-14(2)19-10-8-16(9-11-19)17(12-20)13-21-18-6-4-15(3)5-7-18/h4-7,14,16-17,20H,8-13H2,1-3H3. The second-order valence-electron chi connectivity index (χ2n) is 6.53. The molecule has 0 spiro atoms. The highest BCUT2D eigenvalue weighted by molar-refractivity contribution is 5.26. The summed E-state index contributed by atoms with van der Waals surface area (Å²) in [6, 6.07) is 8.76. The summed E-state index contributed by atoms with van der Waals surface area (Å²) in [6.45, 7) is 9.70. The summed E-state index contributed by atoms with van der Waals surface area (Å²) in [5.74, 6) is 1.73. The van der Waals surface area contributed by atoms with Crippen molar-refractivity contribution in [2.45, 2.75) is 39.7 Å². The molecule has 1 atom stereocenters. The van der Waals surface area contributed by atoms with Crippen LogP contribution in [0, 0.1) is 18.8 Å². The van der Waals surface area contributed by atoms with E-state index < -0.39 is 0 Å². The Labute approximate surface area is 128 Å². The molecular weight excluding hydrogens is 262 g/mol. The first-order chi connectivity index (χ1) is 10.1. The van der Waals surface area contributed by atoms with Crippen molar-refractivity contribution in [3.63, 3.8) is 0 Å². The predicted octanol–water partition coefficient (Wildman–Crippen LogP) is 3.10. The van der Waals surface area contributed by atoms with Crippen LogP contribution >= 0.6 is 0 Å². The van der Waals surface area contributed by atoms with Gasteiger partial charge in [-0.25, -0.2) is 0 Å². The van der Waals surface area contributed by atoms with E-state index in [1.165, 1.54) is 18.4 Å². The topological polar surface area (TPSA) is 32.7 Å². The molecule has 0 radical (unpaired) electrons. The van der Waals surface area contributed by atoms with Crippen molar-refractivity contribution < 1.29 is 9.84 Å². The molecule has 1 N–H and O–H groups in total. The third kappa shape index (κ3) is 4.72. The van der Waals surface area contributed by atoms with E-state index in [0.717, 1.165) is 18.8 Å². The first kappa shape index (κ1) is 16.3.